The number of aryl methyl sites for hydroxylation is 2. The van der Waals surface area contributed by atoms with E-state index in [1.54, 1.807) is 0 Å². The minimum atomic E-state index is -0.357. The standard InChI is InChI=1S/C14H20N2O2/c1-9-3-4-10(2)12(5-9)14(18)16-7-11-6-15-8-13(11)17/h3-5,11,13,15,17H,6-8H2,1-2H3,(H,16,18). The number of carbonyl (C=O) groups excluding carboxylic acids is 1. The summed E-state index contributed by atoms with van der Waals surface area (Å²) in [7, 11) is 0. The molecule has 0 aliphatic carbocycles. The van der Waals surface area contributed by atoms with E-state index in [-0.39, 0.29) is 17.9 Å². The van der Waals surface area contributed by atoms with Crippen molar-refractivity contribution in [2.24, 2.45) is 5.92 Å². The molecule has 1 saturated heterocycles. The maximum absolute atomic E-state index is 12.1. The first-order valence-electron chi connectivity index (χ1n) is 6.32. The molecule has 4 heteroatoms. The van der Waals surface area contributed by atoms with Gasteiger partial charge in [0.05, 0.1) is 6.10 Å². The average molecular weight is 248 g/mol. The average Bonchev–Trinajstić information content (AvgIpc) is 2.75. The van der Waals surface area contributed by atoms with Gasteiger partial charge in [-0.1, -0.05) is 17.7 Å². The largest absolute Gasteiger partial charge is 0.391 e. The third kappa shape index (κ3) is 2.89. The van der Waals surface area contributed by atoms with E-state index in [9.17, 15) is 9.90 Å². The molecule has 4 nitrogen and oxygen atoms in total. The lowest BCUT2D eigenvalue weighted by Crippen LogP contribution is -2.34. The Morgan fingerprint density at radius 1 is 1.44 bits per heavy atom. The van der Waals surface area contributed by atoms with E-state index in [0.717, 1.165) is 23.2 Å². The van der Waals surface area contributed by atoms with Crippen molar-refractivity contribution in [3.05, 3.63) is 34.9 Å². The van der Waals surface area contributed by atoms with Crippen molar-refractivity contribution in [3.63, 3.8) is 0 Å². The zero-order valence-electron chi connectivity index (χ0n) is 10.9. The van der Waals surface area contributed by atoms with E-state index in [2.05, 4.69) is 10.6 Å². The van der Waals surface area contributed by atoms with Gasteiger partial charge in [-0.05, 0) is 25.5 Å². The van der Waals surface area contributed by atoms with Crippen LogP contribution in [0.4, 0.5) is 0 Å². The number of β-amino-alcohol motifs (C(OH)–C–C–N with tert-alkyl or cyclic N) is 1. The van der Waals surface area contributed by atoms with Crippen LogP contribution < -0.4 is 10.6 Å². The number of benzene rings is 1. The van der Waals surface area contributed by atoms with Gasteiger partial charge in [0.25, 0.3) is 5.91 Å². The summed E-state index contributed by atoms with van der Waals surface area (Å²) in [4.78, 5) is 12.1. The fraction of sp³-hybridized carbons (Fsp3) is 0.500. The first-order valence-corrected chi connectivity index (χ1v) is 6.32. The van der Waals surface area contributed by atoms with Crippen molar-refractivity contribution in [2.75, 3.05) is 19.6 Å². The number of amides is 1. The lowest BCUT2D eigenvalue weighted by Gasteiger charge is -2.15. The molecular weight excluding hydrogens is 228 g/mol. The molecule has 1 amide bonds. The number of aliphatic hydroxyl groups is 1. The van der Waals surface area contributed by atoms with Gasteiger partial charge in [0.15, 0.2) is 0 Å². The van der Waals surface area contributed by atoms with Gasteiger partial charge >= 0.3 is 0 Å². The van der Waals surface area contributed by atoms with Gasteiger partial charge < -0.3 is 15.7 Å². The van der Waals surface area contributed by atoms with Crippen LogP contribution in [0.2, 0.25) is 0 Å². The monoisotopic (exact) mass is 248 g/mol. The van der Waals surface area contributed by atoms with E-state index in [4.69, 9.17) is 0 Å². The van der Waals surface area contributed by atoms with Gasteiger partial charge in [-0.15, -0.1) is 0 Å². The lowest BCUT2D eigenvalue weighted by molar-refractivity contribution is 0.0926. The van der Waals surface area contributed by atoms with Crippen LogP contribution in [-0.2, 0) is 0 Å². The maximum atomic E-state index is 12.1. The van der Waals surface area contributed by atoms with E-state index in [1.165, 1.54) is 0 Å². The van der Waals surface area contributed by atoms with Crippen LogP contribution in [0.15, 0.2) is 18.2 Å². The topological polar surface area (TPSA) is 61.4 Å². The van der Waals surface area contributed by atoms with E-state index >= 15 is 0 Å². The van der Waals surface area contributed by atoms with Crippen LogP contribution in [-0.4, -0.2) is 36.8 Å². The molecule has 0 radical (unpaired) electrons. The highest BCUT2D eigenvalue weighted by Gasteiger charge is 2.25. The van der Waals surface area contributed by atoms with Crippen LogP contribution in [0, 0.1) is 19.8 Å². The van der Waals surface area contributed by atoms with Crippen molar-refractivity contribution in [2.45, 2.75) is 20.0 Å². The molecule has 1 heterocycles. The number of hydrogen-bond donors (Lipinski definition) is 3. The van der Waals surface area contributed by atoms with Crippen molar-refractivity contribution in [1.82, 2.24) is 10.6 Å². The van der Waals surface area contributed by atoms with E-state index in [0.29, 0.717) is 13.1 Å². The number of carbonyl (C=O) groups is 1. The second kappa shape index (κ2) is 5.50. The van der Waals surface area contributed by atoms with Gasteiger partial charge in [-0.25, -0.2) is 0 Å². The third-order valence-corrected chi connectivity index (χ3v) is 3.47. The van der Waals surface area contributed by atoms with Crippen molar-refractivity contribution in [3.8, 4) is 0 Å². The predicted molar refractivity (Wildman–Crippen MR) is 70.6 cm³/mol. The van der Waals surface area contributed by atoms with Crippen LogP contribution >= 0.6 is 0 Å². The molecule has 18 heavy (non-hydrogen) atoms. The minimum Gasteiger partial charge on any atom is -0.391 e. The summed E-state index contributed by atoms with van der Waals surface area (Å²) in [6, 6.07) is 5.85. The Hall–Kier alpha value is -1.39. The van der Waals surface area contributed by atoms with E-state index < -0.39 is 0 Å². The number of rotatable bonds is 3. The highest BCUT2D eigenvalue weighted by atomic mass is 16.3. The summed E-state index contributed by atoms with van der Waals surface area (Å²) >= 11 is 0. The Labute approximate surface area is 107 Å². The Bertz CT molecular complexity index is 445. The van der Waals surface area contributed by atoms with Crippen molar-refractivity contribution < 1.29 is 9.90 Å². The van der Waals surface area contributed by atoms with Gasteiger partial charge in [-0.2, -0.15) is 0 Å². The summed E-state index contributed by atoms with van der Waals surface area (Å²) in [6.07, 6.45) is -0.357. The summed E-state index contributed by atoms with van der Waals surface area (Å²) in [5.41, 5.74) is 2.77. The normalized spacial score (nSPS) is 23.1. The second-order valence-electron chi connectivity index (χ2n) is 5.01. The smallest absolute Gasteiger partial charge is 0.251 e. The fourth-order valence-electron chi connectivity index (χ4n) is 2.23. The summed E-state index contributed by atoms with van der Waals surface area (Å²) in [6.45, 7) is 5.79. The molecule has 2 atom stereocenters. The predicted octanol–water partition coefficient (Wildman–Crippen LogP) is 0.614. The molecule has 1 aromatic rings. The number of nitrogens with one attached hydrogen (secondary N) is 2. The Morgan fingerprint density at radius 2 is 2.22 bits per heavy atom. The molecule has 2 unspecified atom stereocenters. The third-order valence-electron chi connectivity index (χ3n) is 3.47. The maximum Gasteiger partial charge on any atom is 0.251 e. The molecule has 2 rings (SSSR count). The van der Waals surface area contributed by atoms with Gasteiger partial charge in [0.1, 0.15) is 0 Å². The second-order valence-corrected chi connectivity index (χ2v) is 5.01. The Balaban J connectivity index is 1.97. The summed E-state index contributed by atoms with van der Waals surface area (Å²) in [5, 5.41) is 15.7. The van der Waals surface area contributed by atoms with Crippen LogP contribution in [0.5, 0.6) is 0 Å². The zero-order valence-corrected chi connectivity index (χ0v) is 10.9. The number of aliphatic hydroxyl groups excluding tert-OH is 1. The van der Waals surface area contributed by atoms with Crippen LogP contribution in [0.25, 0.3) is 0 Å². The first-order chi connectivity index (χ1) is 8.58. The van der Waals surface area contributed by atoms with Gasteiger partial charge in [0.2, 0.25) is 0 Å². The molecule has 1 aromatic carbocycles. The first kappa shape index (κ1) is 13.1. The van der Waals surface area contributed by atoms with Gasteiger partial charge in [-0.3, -0.25) is 4.79 Å². The highest BCUT2D eigenvalue weighted by molar-refractivity contribution is 5.95. The number of hydrogen-bond acceptors (Lipinski definition) is 3. The Kier molecular flexibility index (Phi) is 3.99. The molecule has 0 spiro atoms. The van der Waals surface area contributed by atoms with Crippen LogP contribution in [0.3, 0.4) is 0 Å². The molecule has 0 saturated carbocycles. The van der Waals surface area contributed by atoms with Crippen molar-refractivity contribution in [1.29, 1.82) is 0 Å². The minimum absolute atomic E-state index is 0.0599. The Morgan fingerprint density at radius 3 is 2.89 bits per heavy atom. The summed E-state index contributed by atoms with van der Waals surface area (Å²) < 4.78 is 0. The van der Waals surface area contributed by atoms with E-state index in [1.807, 2.05) is 32.0 Å². The molecular formula is C14H20N2O2. The molecule has 98 valence electrons. The molecule has 1 fully saturated rings. The molecule has 1 aliphatic rings. The highest BCUT2D eigenvalue weighted by Crippen LogP contribution is 2.12. The molecule has 1 aliphatic heterocycles. The lowest BCUT2D eigenvalue weighted by atomic mass is 10.0. The molecule has 0 bridgehead atoms. The quantitative estimate of drug-likeness (QED) is 0.734. The molecule has 0 aromatic heterocycles. The fourth-order valence-corrected chi connectivity index (χ4v) is 2.23. The van der Waals surface area contributed by atoms with Crippen LogP contribution in [0.1, 0.15) is 21.5 Å². The SMILES string of the molecule is Cc1ccc(C)c(C(=O)NCC2CNCC2O)c1. The molecule has 3 N–H and O–H groups in total. The van der Waals surface area contributed by atoms with Gasteiger partial charge in [0, 0.05) is 31.1 Å². The van der Waals surface area contributed by atoms with Crippen molar-refractivity contribution >= 4 is 5.91 Å². The zero-order chi connectivity index (χ0) is 13.1. The summed E-state index contributed by atoms with van der Waals surface area (Å²) in [5.74, 6) is 0.0503.